The van der Waals surface area contributed by atoms with E-state index in [1.807, 2.05) is 39.8 Å². The zero-order valence-electron chi connectivity index (χ0n) is 55.5. The summed E-state index contributed by atoms with van der Waals surface area (Å²) in [6.45, 7) is 21.2. The van der Waals surface area contributed by atoms with Crippen molar-refractivity contribution < 1.29 is 116 Å². The maximum Gasteiger partial charge on any atom is 0.407 e. The fourth-order valence-electron chi connectivity index (χ4n) is 16.9. The van der Waals surface area contributed by atoms with E-state index in [-0.39, 0.29) is 49.5 Å². The molecule has 0 radical (unpaired) electrons. The molecule has 2 unspecified atom stereocenters. The molecule has 7 fully saturated rings. The molecular weight excluding hydrogens is 1220 g/mol. The summed E-state index contributed by atoms with van der Waals surface area (Å²) in [6.07, 6.45) is -3.50. The summed E-state index contributed by atoms with van der Waals surface area (Å²) in [6, 6.07) is -1.02. The Kier molecular flexibility index (Phi) is 21.8. The number of ether oxygens (including phenoxy) is 13. The average Bonchev–Trinajstić information content (AvgIpc) is 1.68. The van der Waals surface area contributed by atoms with Gasteiger partial charge in [0.2, 0.25) is 11.4 Å². The lowest BCUT2D eigenvalue weighted by atomic mass is 9.49. The number of allylic oxidation sites excluding steroid dienone is 3. The molecule has 0 aromatic rings. The standard InChI is InChI=1S/C67H98N2O24/c1-30-14-18-47(88-54-28-65(11,69(79)80)60(38(9)86-54)68-64(78)81-13)31(2)23-43-45(73)24-40(29-70)27-67(43)62(76)55(63(77)93-67)61(75)66(12)42(30)16-15-41-56(66)32(3)22-33(4)57(41)92-53-26-49(59(37(8)85-53)87-39(10)71)90-50-21-19-48(35(6)83-50)89-52-25-46(74)58(36(7)84-52)91-51-20-17-44(72)34(5)82-51/h14-16,23,27,29,32-38,41-54,56-60,69,72-75,79H,17-22,24-26,28H2,1-13H3,(H,68,78)/b30-14+,31-23-,61-55+/t32-,33+,34-,35-,36-,37-,38+,41+,42-,43-,44+,45-,46+,47-,48+,49+,50-,51-,52-,53+,54-,56+,57-,58-,59-,60-,65-,66+,67?/m0/s1. The molecule has 6 saturated heterocycles. The Morgan fingerprint density at radius 1 is 0.720 bits per heavy atom. The van der Waals surface area contributed by atoms with Crippen molar-refractivity contribution in [1.29, 1.82) is 0 Å². The highest BCUT2D eigenvalue weighted by atomic mass is 16.8. The van der Waals surface area contributed by atoms with Gasteiger partial charge < -0.3 is 92.5 Å². The quantitative estimate of drug-likeness (QED) is 0.0305. The number of aliphatic hydroxyl groups is 4. The molecule has 93 heavy (non-hydrogen) atoms. The van der Waals surface area contributed by atoms with E-state index in [0.29, 0.717) is 44.0 Å². The van der Waals surface area contributed by atoms with Crippen LogP contribution in [0.1, 0.15) is 147 Å². The van der Waals surface area contributed by atoms with E-state index >= 15 is 4.79 Å². The molecule has 26 heteroatoms. The first-order valence-electron chi connectivity index (χ1n) is 33.2. The zero-order valence-corrected chi connectivity index (χ0v) is 55.5. The third kappa shape index (κ3) is 14.1. The molecule has 10 rings (SSSR count). The number of hydrogen-bond donors (Lipinski definition) is 7. The van der Waals surface area contributed by atoms with E-state index in [2.05, 4.69) is 25.2 Å². The number of carbonyl (C=O) groups excluding carboxylic acids is 5. The minimum Gasteiger partial charge on any atom is -0.600 e. The molecule has 0 aromatic heterocycles. The van der Waals surface area contributed by atoms with E-state index < -0.39 is 204 Å². The summed E-state index contributed by atoms with van der Waals surface area (Å²) in [4.78, 5) is 68.1. The zero-order chi connectivity index (χ0) is 67.5. The van der Waals surface area contributed by atoms with Crippen molar-refractivity contribution in [3.8, 4) is 0 Å². The first-order valence-corrected chi connectivity index (χ1v) is 33.2. The molecule has 1 amide bonds. The van der Waals surface area contributed by atoms with Crippen molar-refractivity contribution in [2.45, 2.75) is 281 Å². The Morgan fingerprint density at radius 2 is 1.35 bits per heavy atom. The summed E-state index contributed by atoms with van der Waals surface area (Å²) >= 11 is 0. The van der Waals surface area contributed by atoms with Gasteiger partial charge in [0.25, 0.3) is 0 Å². The van der Waals surface area contributed by atoms with Gasteiger partial charge >= 0.3 is 18.0 Å². The number of amides is 1. The molecule has 26 nitrogen and oxygen atoms in total. The van der Waals surface area contributed by atoms with Gasteiger partial charge in [-0.3, -0.25) is 14.4 Å². The molecule has 0 aromatic carbocycles. The highest BCUT2D eigenvalue weighted by Crippen LogP contribution is 2.61. The van der Waals surface area contributed by atoms with Gasteiger partial charge in [0.05, 0.1) is 86.6 Å². The van der Waals surface area contributed by atoms with Crippen LogP contribution < -0.4 is 10.5 Å². The highest BCUT2D eigenvalue weighted by Gasteiger charge is 2.64. The lowest BCUT2D eigenvalue weighted by molar-refractivity contribution is -1.09. The SMILES string of the molecule is COC(=O)N[C@H]1[C@@H](C)O[C@@H](O[C@H]2C/C=C(\C)[C@@H]3C=C[C@H]4[C@@H](O[C@@H]5C[C@@H](O[C@H]6CC[C@@H](O[C@H]7C[C@@H](O)[C@@H](O[C@H]8CC[C@@H](O)[C@H](C)O8)[C@H](C)O7)[C@H](C)O6)[C@@H](OC(C)=O)[C@H](C)O5)[C@H](C)C[C@H](C)[C@H]4[C@]3(C)/C(O)=C3\C(=O)OC4(C=C(C=O)C[C@H](O)[C@@H]4/C=C\2C)C3=O)C[C@]1(C)[NH+]([O-])O. The minimum atomic E-state index is -2.28. The molecular formula is C67H98N2O24. The van der Waals surface area contributed by atoms with Crippen molar-refractivity contribution >= 4 is 30.1 Å². The van der Waals surface area contributed by atoms with Crippen molar-refractivity contribution in [3.63, 3.8) is 0 Å². The number of aliphatic hydroxyl groups excluding tert-OH is 4. The van der Waals surface area contributed by atoms with Crippen LogP contribution in [-0.2, 0) is 80.8 Å². The van der Waals surface area contributed by atoms with Crippen LogP contribution in [0.25, 0.3) is 0 Å². The predicted octanol–water partition coefficient (Wildman–Crippen LogP) is 4.86. The molecule has 7 N–H and O–H groups in total. The molecule has 1 spiro atoms. The maximum absolute atomic E-state index is 15.6. The normalized spacial score (nSPS) is 48.6. The molecule has 2 bridgehead atoms. The van der Waals surface area contributed by atoms with Crippen molar-refractivity contribution in [3.05, 3.63) is 63.6 Å². The van der Waals surface area contributed by atoms with Crippen LogP contribution in [0.15, 0.2) is 58.4 Å². The summed E-state index contributed by atoms with van der Waals surface area (Å²) in [5.74, 6) is -6.46. The first kappa shape index (κ1) is 71.2. The smallest absolute Gasteiger partial charge is 0.407 e. The Labute approximate surface area is 543 Å². The topological polar surface area (TPSA) is 346 Å². The highest BCUT2D eigenvalue weighted by molar-refractivity contribution is 6.27. The van der Waals surface area contributed by atoms with E-state index in [1.54, 1.807) is 33.8 Å². The van der Waals surface area contributed by atoms with Crippen LogP contribution in [0.2, 0.25) is 0 Å². The number of aldehydes is 1. The number of rotatable bonds is 14. The number of alkyl carbamates (subject to hydrolysis) is 1. The number of carbonyl (C=O) groups is 5. The lowest BCUT2D eigenvalue weighted by Gasteiger charge is -2.56. The van der Waals surface area contributed by atoms with E-state index in [9.17, 15) is 50.0 Å². The van der Waals surface area contributed by atoms with Crippen LogP contribution in [-0.4, -0.2) is 197 Å². The van der Waals surface area contributed by atoms with E-state index in [0.717, 1.165) is 5.57 Å². The summed E-state index contributed by atoms with van der Waals surface area (Å²) < 4.78 is 81.6. The molecule has 30 atom stereocenters. The third-order valence-electron chi connectivity index (χ3n) is 21.8. The maximum atomic E-state index is 15.6. The third-order valence-corrected chi connectivity index (χ3v) is 21.8. The monoisotopic (exact) mass is 1310 g/mol. The second-order valence-electron chi connectivity index (χ2n) is 28.3. The van der Waals surface area contributed by atoms with E-state index in [4.69, 9.17) is 61.6 Å². The number of nitrogens with one attached hydrogen (secondary N) is 2. The van der Waals surface area contributed by atoms with Crippen LogP contribution in [0, 0.1) is 46.1 Å². The van der Waals surface area contributed by atoms with Gasteiger partial charge in [0.1, 0.15) is 35.9 Å². The van der Waals surface area contributed by atoms with Gasteiger partial charge in [0, 0.05) is 56.3 Å². The number of hydrogen-bond acceptors (Lipinski definition) is 24. The Balaban J connectivity index is 0.905. The molecule has 520 valence electrons. The molecule has 6 heterocycles. The molecule has 1 saturated carbocycles. The van der Waals surface area contributed by atoms with Crippen LogP contribution in [0.5, 0.6) is 0 Å². The van der Waals surface area contributed by atoms with Gasteiger partial charge in [-0.05, 0) is 116 Å². The number of Topliss-reactive ketones (excluding diaryl/α,β-unsaturated/α-hetero) is 1. The number of esters is 2. The Morgan fingerprint density at radius 3 is 2.01 bits per heavy atom. The molecule has 10 aliphatic rings. The Hall–Kier alpha value is -4.59. The van der Waals surface area contributed by atoms with Crippen LogP contribution in [0.3, 0.4) is 0 Å². The lowest BCUT2D eigenvalue weighted by Crippen LogP contribution is -3.17. The first-order chi connectivity index (χ1) is 43.9. The van der Waals surface area contributed by atoms with Gasteiger partial charge in [-0.25, -0.2) is 20.0 Å². The predicted molar refractivity (Wildman–Crippen MR) is 324 cm³/mol. The summed E-state index contributed by atoms with van der Waals surface area (Å²) in [5.41, 5.74) is -4.76. The summed E-state index contributed by atoms with van der Waals surface area (Å²) in [7, 11) is 1.17. The van der Waals surface area contributed by atoms with Gasteiger partial charge in [-0.2, -0.15) is 0 Å². The Bertz CT molecular complexity index is 2900. The molecule has 6 aliphatic heterocycles. The number of hydroxylamine groups is 2. The van der Waals surface area contributed by atoms with Crippen LogP contribution in [0.4, 0.5) is 4.79 Å². The second-order valence-corrected chi connectivity index (χ2v) is 28.3. The largest absolute Gasteiger partial charge is 0.600 e. The fourth-order valence-corrected chi connectivity index (χ4v) is 16.9. The van der Waals surface area contributed by atoms with Gasteiger partial charge in [0.15, 0.2) is 43.1 Å². The van der Waals surface area contributed by atoms with Gasteiger partial charge in [-0.1, -0.05) is 50.6 Å². The van der Waals surface area contributed by atoms with Crippen LogP contribution >= 0.6 is 0 Å². The van der Waals surface area contributed by atoms with Gasteiger partial charge in [-0.15, -0.1) is 0 Å². The number of quaternary nitrogens is 1. The van der Waals surface area contributed by atoms with Crippen molar-refractivity contribution in [2.24, 2.45) is 40.9 Å². The average molecular weight is 1320 g/mol. The number of fused-ring (bicyclic) bond motifs is 4. The summed E-state index contributed by atoms with van der Waals surface area (Å²) in [5, 5.41) is 71.7. The van der Waals surface area contributed by atoms with Crippen molar-refractivity contribution in [2.75, 3.05) is 7.11 Å². The number of methoxy groups -OCH3 is 1. The van der Waals surface area contributed by atoms with E-state index in [1.165, 1.54) is 27.0 Å². The number of ketones is 1. The van der Waals surface area contributed by atoms with Crippen molar-refractivity contribution in [1.82, 2.24) is 5.32 Å². The minimum absolute atomic E-state index is 0.00628. The molecule has 4 aliphatic carbocycles. The second kappa shape index (κ2) is 28.5. The fraction of sp³-hybridized carbons (Fsp3) is 0.776.